The summed E-state index contributed by atoms with van der Waals surface area (Å²) >= 11 is 0. The summed E-state index contributed by atoms with van der Waals surface area (Å²) in [4.78, 5) is 21.9. The highest BCUT2D eigenvalue weighted by Crippen LogP contribution is 2.30. The van der Waals surface area contributed by atoms with Gasteiger partial charge in [-0.1, -0.05) is 0 Å². The molecule has 1 saturated heterocycles. The van der Waals surface area contributed by atoms with E-state index in [9.17, 15) is 18.0 Å². The molecule has 2 aliphatic rings. The van der Waals surface area contributed by atoms with Gasteiger partial charge in [0.05, 0.1) is 0 Å². The quantitative estimate of drug-likeness (QED) is 0.837. The third-order valence-electron chi connectivity index (χ3n) is 4.95. The number of halogens is 3. The third kappa shape index (κ3) is 5.40. The number of amides is 1. The van der Waals surface area contributed by atoms with Gasteiger partial charge in [0.2, 0.25) is 5.91 Å². The molecule has 26 heavy (non-hydrogen) atoms. The van der Waals surface area contributed by atoms with E-state index >= 15 is 0 Å². The second-order valence-corrected chi connectivity index (χ2v) is 7.32. The van der Waals surface area contributed by atoms with Crippen LogP contribution < -0.4 is 5.32 Å². The first kappa shape index (κ1) is 19.1. The van der Waals surface area contributed by atoms with E-state index in [0.29, 0.717) is 31.0 Å². The van der Waals surface area contributed by atoms with Gasteiger partial charge >= 0.3 is 6.18 Å². The number of alkyl halides is 3. The van der Waals surface area contributed by atoms with Gasteiger partial charge in [-0.25, -0.2) is 9.97 Å². The van der Waals surface area contributed by atoms with E-state index in [1.54, 1.807) is 6.92 Å². The molecule has 1 atom stereocenters. The third-order valence-corrected chi connectivity index (χ3v) is 4.95. The zero-order valence-corrected chi connectivity index (χ0v) is 15.0. The lowest BCUT2D eigenvalue weighted by Gasteiger charge is -2.20. The average Bonchev–Trinajstić information content (AvgIpc) is 3.38. The predicted molar refractivity (Wildman–Crippen MR) is 90.4 cm³/mol. The van der Waals surface area contributed by atoms with E-state index in [0.717, 1.165) is 32.0 Å². The highest BCUT2D eigenvalue weighted by Gasteiger charge is 2.33. The average molecular weight is 370 g/mol. The van der Waals surface area contributed by atoms with Crippen LogP contribution in [0.25, 0.3) is 0 Å². The summed E-state index contributed by atoms with van der Waals surface area (Å²) in [5.41, 5.74) is -0.575. The lowest BCUT2D eigenvalue weighted by atomic mass is 10.1. The number of likely N-dealkylation sites (tertiary alicyclic amines) is 1. The Morgan fingerprint density at radius 3 is 2.69 bits per heavy atom. The van der Waals surface area contributed by atoms with Crippen LogP contribution in [0.1, 0.15) is 49.3 Å². The second-order valence-electron chi connectivity index (χ2n) is 7.32. The van der Waals surface area contributed by atoms with Crippen molar-refractivity contribution >= 4 is 5.91 Å². The van der Waals surface area contributed by atoms with Gasteiger partial charge in [0.1, 0.15) is 11.5 Å². The SMILES string of the molecule is Cc1cc(C(F)(F)F)nc(CCN[C@H]2CCC(=O)N(CC3CC3)CC2)n1. The molecule has 1 amide bonds. The normalized spacial score (nSPS) is 21.8. The maximum atomic E-state index is 12.8. The van der Waals surface area contributed by atoms with Crippen molar-refractivity contribution in [2.24, 2.45) is 5.92 Å². The number of hydrogen-bond acceptors (Lipinski definition) is 4. The van der Waals surface area contributed by atoms with Crippen LogP contribution in [-0.4, -0.2) is 46.5 Å². The molecule has 3 rings (SSSR count). The number of carbonyl (C=O) groups is 1. The van der Waals surface area contributed by atoms with Crippen molar-refractivity contribution in [1.29, 1.82) is 0 Å². The fourth-order valence-corrected chi connectivity index (χ4v) is 3.32. The van der Waals surface area contributed by atoms with Crippen LogP contribution in [0.3, 0.4) is 0 Å². The number of nitrogens with zero attached hydrogens (tertiary/aromatic N) is 3. The molecule has 8 heteroatoms. The minimum absolute atomic E-state index is 0.199. The lowest BCUT2D eigenvalue weighted by Crippen LogP contribution is -2.34. The number of aryl methyl sites for hydroxylation is 1. The number of hydrogen-bond donors (Lipinski definition) is 1. The van der Waals surface area contributed by atoms with Crippen LogP contribution in [-0.2, 0) is 17.4 Å². The minimum atomic E-state index is -4.46. The van der Waals surface area contributed by atoms with Gasteiger partial charge in [-0.15, -0.1) is 0 Å². The Labute approximate surface area is 151 Å². The van der Waals surface area contributed by atoms with Crippen LogP contribution in [0.2, 0.25) is 0 Å². The van der Waals surface area contributed by atoms with Gasteiger partial charge in [0.15, 0.2) is 0 Å². The van der Waals surface area contributed by atoms with E-state index in [1.807, 2.05) is 4.90 Å². The Morgan fingerprint density at radius 2 is 2.00 bits per heavy atom. The van der Waals surface area contributed by atoms with Crippen molar-refractivity contribution in [3.8, 4) is 0 Å². The van der Waals surface area contributed by atoms with Crippen LogP contribution in [0, 0.1) is 12.8 Å². The van der Waals surface area contributed by atoms with E-state index < -0.39 is 11.9 Å². The molecule has 2 fully saturated rings. The zero-order chi connectivity index (χ0) is 18.7. The van der Waals surface area contributed by atoms with Crippen LogP contribution >= 0.6 is 0 Å². The largest absolute Gasteiger partial charge is 0.433 e. The predicted octanol–water partition coefficient (Wildman–Crippen LogP) is 2.73. The topological polar surface area (TPSA) is 58.1 Å². The first-order valence-electron chi connectivity index (χ1n) is 9.24. The summed E-state index contributed by atoms with van der Waals surface area (Å²) in [5, 5.41) is 3.36. The fraction of sp³-hybridized carbons (Fsp3) is 0.722. The standard InChI is InChI=1S/C18H25F3N4O/c1-12-10-15(18(19,20)21)24-16(23-12)6-8-22-14-4-5-17(26)25(9-7-14)11-13-2-3-13/h10,13-14,22H,2-9,11H2,1H3/t14-/m0/s1. The molecule has 1 N–H and O–H groups in total. The van der Waals surface area contributed by atoms with Crippen molar-refractivity contribution in [2.45, 2.75) is 57.7 Å². The zero-order valence-electron chi connectivity index (χ0n) is 15.0. The summed E-state index contributed by atoms with van der Waals surface area (Å²) in [5.74, 6) is 1.10. The van der Waals surface area contributed by atoms with E-state index in [-0.39, 0.29) is 17.8 Å². The maximum absolute atomic E-state index is 12.8. The van der Waals surface area contributed by atoms with Crippen molar-refractivity contribution in [2.75, 3.05) is 19.6 Å². The molecule has 2 heterocycles. The van der Waals surface area contributed by atoms with Gasteiger partial charge < -0.3 is 10.2 Å². The van der Waals surface area contributed by atoms with Crippen LogP contribution in [0.4, 0.5) is 13.2 Å². The van der Waals surface area contributed by atoms with Crippen molar-refractivity contribution in [3.63, 3.8) is 0 Å². The molecule has 0 aromatic carbocycles. The Balaban J connectivity index is 1.48. The number of aromatic nitrogens is 2. The Hall–Kier alpha value is -1.70. The van der Waals surface area contributed by atoms with E-state index in [1.165, 1.54) is 12.8 Å². The molecule has 0 unspecified atom stereocenters. The first-order valence-corrected chi connectivity index (χ1v) is 9.24. The van der Waals surface area contributed by atoms with Crippen molar-refractivity contribution in [1.82, 2.24) is 20.2 Å². The van der Waals surface area contributed by atoms with Gasteiger partial charge in [-0.05, 0) is 44.6 Å². The summed E-state index contributed by atoms with van der Waals surface area (Å²) in [7, 11) is 0. The molecular formula is C18H25F3N4O. The van der Waals surface area contributed by atoms with Gasteiger partial charge in [0.25, 0.3) is 0 Å². The molecule has 0 spiro atoms. The molecule has 5 nitrogen and oxygen atoms in total. The number of nitrogens with one attached hydrogen (secondary N) is 1. The van der Waals surface area contributed by atoms with E-state index in [4.69, 9.17) is 0 Å². The van der Waals surface area contributed by atoms with Crippen molar-refractivity contribution < 1.29 is 18.0 Å². The maximum Gasteiger partial charge on any atom is 0.433 e. The smallest absolute Gasteiger partial charge is 0.342 e. The van der Waals surface area contributed by atoms with Crippen molar-refractivity contribution in [3.05, 3.63) is 23.3 Å². The number of carbonyl (C=O) groups excluding carboxylic acids is 1. The molecular weight excluding hydrogens is 345 g/mol. The summed E-state index contributed by atoms with van der Waals surface area (Å²) < 4.78 is 38.5. The fourth-order valence-electron chi connectivity index (χ4n) is 3.32. The summed E-state index contributed by atoms with van der Waals surface area (Å²) in [6.07, 6.45) is 0.500. The highest BCUT2D eigenvalue weighted by atomic mass is 19.4. The summed E-state index contributed by atoms with van der Waals surface area (Å²) in [6, 6.07) is 1.16. The first-order chi connectivity index (χ1) is 12.3. The van der Waals surface area contributed by atoms with Crippen LogP contribution in [0.5, 0.6) is 0 Å². The molecule has 1 saturated carbocycles. The number of rotatable bonds is 6. The minimum Gasteiger partial charge on any atom is -0.342 e. The van der Waals surface area contributed by atoms with Crippen LogP contribution in [0.15, 0.2) is 6.07 Å². The lowest BCUT2D eigenvalue weighted by molar-refractivity contribution is -0.141. The Bertz CT molecular complexity index is 646. The molecule has 1 aromatic rings. The molecule has 1 aromatic heterocycles. The highest BCUT2D eigenvalue weighted by molar-refractivity contribution is 5.76. The monoisotopic (exact) mass is 370 g/mol. The molecule has 0 bridgehead atoms. The van der Waals surface area contributed by atoms with Gasteiger partial charge in [0, 0.05) is 44.2 Å². The Kier molecular flexibility index (Phi) is 5.79. The van der Waals surface area contributed by atoms with E-state index in [2.05, 4.69) is 15.3 Å². The second kappa shape index (κ2) is 7.90. The van der Waals surface area contributed by atoms with Gasteiger partial charge in [-0.2, -0.15) is 13.2 Å². The van der Waals surface area contributed by atoms with Gasteiger partial charge in [-0.3, -0.25) is 4.79 Å². The molecule has 0 radical (unpaired) electrons. The summed E-state index contributed by atoms with van der Waals surface area (Å²) in [6.45, 7) is 3.68. The molecule has 144 valence electrons. The molecule has 1 aliphatic heterocycles. The molecule has 1 aliphatic carbocycles. The Morgan fingerprint density at radius 1 is 1.23 bits per heavy atom.